The molecular formula is C21H19ClIN3O5S. The number of amides is 3. The Labute approximate surface area is 207 Å². The van der Waals surface area contributed by atoms with Crippen molar-refractivity contribution in [3.05, 3.63) is 45.1 Å². The molecule has 2 heterocycles. The number of nitrogens with zero attached hydrogens (tertiary/aromatic N) is 1. The molecule has 1 aromatic heterocycles. The summed E-state index contributed by atoms with van der Waals surface area (Å²) in [6.07, 6.45) is 5.32. The van der Waals surface area contributed by atoms with Crippen LogP contribution in [-0.4, -0.2) is 52.7 Å². The summed E-state index contributed by atoms with van der Waals surface area (Å²) in [6, 6.07) is 7.98. The molecule has 1 aromatic carbocycles. The number of morpholine rings is 1. The number of anilines is 2. The van der Waals surface area contributed by atoms with E-state index in [1.54, 1.807) is 46.9 Å². The summed E-state index contributed by atoms with van der Waals surface area (Å²) < 4.78 is 3.70. The Morgan fingerprint density at radius 2 is 2.16 bits per heavy atom. The van der Waals surface area contributed by atoms with Crippen LogP contribution in [0.3, 0.4) is 0 Å². The number of rotatable bonds is 7. The van der Waals surface area contributed by atoms with Gasteiger partial charge in [-0.05, 0) is 52.9 Å². The molecule has 1 fully saturated rings. The van der Waals surface area contributed by atoms with Crippen LogP contribution >= 0.6 is 45.5 Å². The molecule has 0 spiro atoms. The molecule has 1 aliphatic rings. The van der Waals surface area contributed by atoms with Gasteiger partial charge < -0.3 is 25.4 Å². The van der Waals surface area contributed by atoms with Crippen molar-refractivity contribution in [3.63, 3.8) is 0 Å². The highest BCUT2D eigenvalue weighted by Crippen LogP contribution is 2.31. The lowest BCUT2D eigenvalue weighted by molar-refractivity contribution is -0.125. The topological polar surface area (TPSA) is 108 Å². The fraction of sp³-hybridized carbons (Fsp3) is 0.286. The zero-order chi connectivity index (χ0) is 23.3. The van der Waals surface area contributed by atoms with Crippen molar-refractivity contribution in [1.82, 2.24) is 5.32 Å². The van der Waals surface area contributed by atoms with Crippen LogP contribution in [0.4, 0.5) is 11.4 Å². The smallest absolute Gasteiger partial charge is 0.262 e. The van der Waals surface area contributed by atoms with Crippen LogP contribution in [-0.2, 0) is 14.3 Å². The summed E-state index contributed by atoms with van der Waals surface area (Å²) in [5.74, 6) is 1.24. The highest BCUT2D eigenvalue weighted by molar-refractivity contribution is 14.1. The maximum absolute atomic E-state index is 13.0. The molecule has 168 valence electrons. The van der Waals surface area contributed by atoms with Gasteiger partial charge in [-0.25, -0.2) is 0 Å². The molecule has 0 radical (unpaired) electrons. The van der Waals surface area contributed by atoms with E-state index in [-0.39, 0.29) is 30.6 Å². The van der Waals surface area contributed by atoms with Gasteiger partial charge in [0.05, 0.1) is 27.1 Å². The minimum absolute atomic E-state index is 0.0138. The zero-order valence-corrected chi connectivity index (χ0v) is 20.4. The number of carbonyl (C=O) groups is 3. The first-order valence-corrected chi connectivity index (χ1v) is 11.7. The Morgan fingerprint density at radius 3 is 2.78 bits per heavy atom. The fourth-order valence-electron chi connectivity index (χ4n) is 2.97. The number of hydrogen-bond donors (Lipinski definition) is 3. The highest BCUT2D eigenvalue weighted by atomic mass is 127. The minimum atomic E-state index is -1.42. The maximum atomic E-state index is 13.0. The number of aliphatic hydroxyl groups excluding tert-OH is 1. The highest BCUT2D eigenvalue weighted by Gasteiger charge is 2.37. The normalized spacial score (nSPS) is 15.6. The lowest BCUT2D eigenvalue weighted by Gasteiger charge is -2.28. The van der Waals surface area contributed by atoms with E-state index in [9.17, 15) is 19.5 Å². The second kappa shape index (κ2) is 10.6. The Hall–Kier alpha value is -2.17. The van der Waals surface area contributed by atoms with Gasteiger partial charge >= 0.3 is 0 Å². The third kappa shape index (κ3) is 5.60. The molecule has 0 aliphatic carbocycles. The third-order valence-corrected chi connectivity index (χ3v) is 7.20. The van der Waals surface area contributed by atoms with E-state index in [4.69, 9.17) is 22.8 Å². The molecule has 3 rings (SSSR count). The third-order valence-electron chi connectivity index (χ3n) is 4.58. The van der Waals surface area contributed by atoms with Crippen molar-refractivity contribution in [2.24, 2.45) is 0 Å². The first-order valence-electron chi connectivity index (χ1n) is 9.45. The van der Waals surface area contributed by atoms with Crippen molar-refractivity contribution in [3.8, 4) is 12.3 Å². The van der Waals surface area contributed by atoms with Gasteiger partial charge in [0.1, 0.15) is 6.61 Å². The molecule has 3 amide bonds. The fourth-order valence-corrected chi connectivity index (χ4v) is 4.59. The lowest BCUT2D eigenvalue weighted by atomic mass is 10.1. The molecule has 32 heavy (non-hydrogen) atoms. The van der Waals surface area contributed by atoms with Crippen LogP contribution in [0.25, 0.3) is 0 Å². The molecule has 2 aromatic rings. The molecular weight excluding hydrogens is 569 g/mol. The number of carbonyl (C=O) groups excluding carboxylic acids is 3. The summed E-state index contributed by atoms with van der Waals surface area (Å²) in [7, 11) is 0. The van der Waals surface area contributed by atoms with E-state index in [1.807, 2.05) is 0 Å². The van der Waals surface area contributed by atoms with E-state index in [0.29, 0.717) is 34.3 Å². The molecule has 0 saturated carbocycles. The molecule has 3 N–H and O–H groups in total. The molecule has 8 nitrogen and oxygen atoms in total. The van der Waals surface area contributed by atoms with Gasteiger partial charge in [0.25, 0.3) is 17.7 Å². The Morgan fingerprint density at radius 1 is 1.38 bits per heavy atom. The van der Waals surface area contributed by atoms with E-state index in [1.165, 1.54) is 11.0 Å². The zero-order valence-electron chi connectivity index (χ0n) is 16.7. The number of terminal acetylenes is 1. The van der Waals surface area contributed by atoms with E-state index < -0.39 is 15.4 Å². The Bertz CT molecular complexity index is 1090. The number of ether oxygens (including phenoxy) is 1. The molecule has 1 aliphatic heterocycles. The first-order chi connectivity index (χ1) is 15.3. The quantitative estimate of drug-likeness (QED) is 0.200. The molecule has 0 unspecified atom stereocenters. The standard InChI is InChI=1S/C21H19ClIN3O5S/c1-2-14-4-6-17(32-14)19(29)25-21(23,7-9-27)20(30)24-13-3-5-16(15(22)11-13)26-8-10-31-12-18(26)28/h1,3-6,11,27H,7-10,12H2,(H,24,30)(H,25,29)/t21-/m1/s1. The summed E-state index contributed by atoms with van der Waals surface area (Å²) in [6.45, 7) is 0.454. The van der Waals surface area contributed by atoms with E-state index in [0.717, 1.165) is 11.3 Å². The second-order valence-corrected chi connectivity index (χ2v) is 10.1. The first kappa shape index (κ1) is 24.5. The van der Waals surface area contributed by atoms with Gasteiger partial charge in [-0.3, -0.25) is 14.4 Å². The molecule has 0 bridgehead atoms. The van der Waals surface area contributed by atoms with Gasteiger partial charge in [0.15, 0.2) is 3.55 Å². The number of benzene rings is 1. The van der Waals surface area contributed by atoms with Crippen molar-refractivity contribution < 1.29 is 24.2 Å². The average Bonchev–Trinajstić information content (AvgIpc) is 3.24. The van der Waals surface area contributed by atoms with Gasteiger partial charge in [-0.2, -0.15) is 0 Å². The summed E-state index contributed by atoms with van der Waals surface area (Å²) in [5, 5.41) is 15.1. The second-order valence-electron chi connectivity index (χ2n) is 6.76. The summed E-state index contributed by atoms with van der Waals surface area (Å²) >= 11 is 9.28. The van der Waals surface area contributed by atoms with Gasteiger partial charge in [-0.15, -0.1) is 17.8 Å². The largest absolute Gasteiger partial charge is 0.396 e. The predicted octanol–water partition coefficient (Wildman–Crippen LogP) is 2.63. The Balaban J connectivity index is 1.75. The summed E-state index contributed by atoms with van der Waals surface area (Å²) in [4.78, 5) is 40.1. The number of nitrogens with one attached hydrogen (secondary N) is 2. The lowest BCUT2D eigenvalue weighted by Crippen LogP contribution is -2.52. The van der Waals surface area contributed by atoms with Crippen molar-refractivity contribution in [1.29, 1.82) is 0 Å². The SMILES string of the molecule is C#Cc1ccc(C(=O)N[C@](I)(CCO)C(=O)Nc2ccc(N3CCOCC3=O)c(Cl)c2)s1. The number of alkyl halides is 1. The monoisotopic (exact) mass is 587 g/mol. The number of thiophene rings is 1. The molecule has 1 atom stereocenters. The van der Waals surface area contributed by atoms with Crippen LogP contribution in [0, 0.1) is 12.3 Å². The number of halogens is 2. The van der Waals surface area contributed by atoms with Gasteiger partial charge in [0, 0.05) is 25.3 Å². The van der Waals surface area contributed by atoms with Crippen molar-refractivity contribution >= 4 is 74.6 Å². The van der Waals surface area contributed by atoms with E-state index >= 15 is 0 Å². The minimum Gasteiger partial charge on any atom is -0.396 e. The van der Waals surface area contributed by atoms with Crippen molar-refractivity contribution in [2.75, 3.05) is 36.6 Å². The summed E-state index contributed by atoms with van der Waals surface area (Å²) in [5.41, 5.74) is 0.896. The van der Waals surface area contributed by atoms with E-state index in [2.05, 4.69) is 16.6 Å². The van der Waals surface area contributed by atoms with Crippen LogP contribution < -0.4 is 15.5 Å². The molecule has 11 heteroatoms. The van der Waals surface area contributed by atoms with Crippen molar-refractivity contribution in [2.45, 2.75) is 9.97 Å². The predicted molar refractivity (Wildman–Crippen MR) is 131 cm³/mol. The van der Waals surface area contributed by atoms with Crippen LogP contribution in [0.5, 0.6) is 0 Å². The van der Waals surface area contributed by atoms with Gasteiger partial charge in [-0.1, -0.05) is 17.5 Å². The number of hydrogen-bond acceptors (Lipinski definition) is 6. The van der Waals surface area contributed by atoms with Gasteiger partial charge in [0.2, 0.25) is 0 Å². The maximum Gasteiger partial charge on any atom is 0.262 e. The van der Waals surface area contributed by atoms with Crippen LogP contribution in [0.15, 0.2) is 30.3 Å². The Kier molecular flexibility index (Phi) is 8.13. The van der Waals surface area contributed by atoms with Crippen LogP contribution in [0.1, 0.15) is 21.0 Å². The number of aliphatic hydroxyl groups is 1. The molecule has 1 saturated heterocycles. The average molecular weight is 588 g/mol. The van der Waals surface area contributed by atoms with Crippen LogP contribution in [0.2, 0.25) is 5.02 Å².